The molecule has 2 aliphatic heterocycles. The number of β-lactam (4-membered cyclic amide) rings is 1. The summed E-state index contributed by atoms with van der Waals surface area (Å²) < 4.78 is 5.98. The summed E-state index contributed by atoms with van der Waals surface area (Å²) in [6.07, 6.45) is -0.753. The van der Waals surface area contributed by atoms with Gasteiger partial charge in [0.2, 0.25) is 17.1 Å². The van der Waals surface area contributed by atoms with Gasteiger partial charge in [0.1, 0.15) is 11.4 Å². The highest BCUT2D eigenvalue weighted by Crippen LogP contribution is 2.47. The number of amides is 2. The largest absolute Gasteiger partial charge is 0.452 e. The highest BCUT2D eigenvalue weighted by Gasteiger charge is 2.62. The SMILES string of the molecule is CC(=O)N(c1ccsc1)C1C(=O)N2CC(C(=O)Cl)(C(=O)OC(c3ccccc3)c3ccccc3)CS[C@H]12. The van der Waals surface area contributed by atoms with Gasteiger partial charge in [-0.3, -0.25) is 24.1 Å². The molecule has 7 nitrogen and oxygen atoms in total. The van der Waals surface area contributed by atoms with Gasteiger partial charge in [0, 0.05) is 24.6 Å². The van der Waals surface area contributed by atoms with Crippen LogP contribution >= 0.6 is 34.7 Å². The standard InChI is InChI=1S/C27H23ClN2O5S2/c1-17(31)30(20-12-13-36-14-20)21-23(32)29-15-27(25(28)33,16-37-24(21)29)26(34)35-22(18-8-4-2-5-9-18)19-10-6-3-7-11-19/h2-14,21-22,24H,15-16H2,1H3/t21?,24-,27?/m1/s1. The molecule has 2 fully saturated rings. The fraction of sp³-hybridized carbons (Fsp3) is 0.259. The number of hydrogen-bond donors (Lipinski definition) is 0. The minimum atomic E-state index is -1.73. The molecule has 2 unspecified atom stereocenters. The van der Waals surface area contributed by atoms with Crippen molar-refractivity contribution < 1.29 is 23.9 Å². The van der Waals surface area contributed by atoms with E-state index in [1.807, 2.05) is 71.4 Å². The van der Waals surface area contributed by atoms with E-state index in [0.29, 0.717) is 5.69 Å². The Morgan fingerprint density at radius 1 is 1.05 bits per heavy atom. The quantitative estimate of drug-likeness (QED) is 0.185. The van der Waals surface area contributed by atoms with Gasteiger partial charge >= 0.3 is 5.97 Å². The van der Waals surface area contributed by atoms with Crippen LogP contribution in [0.25, 0.3) is 0 Å². The summed E-state index contributed by atoms with van der Waals surface area (Å²) in [6, 6.07) is 19.5. The number of carbonyl (C=O) groups is 4. The molecule has 2 aromatic carbocycles. The monoisotopic (exact) mass is 554 g/mol. The first-order valence-corrected chi connectivity index (χ1v) is 14.0. The lowest BCUT2D eigenvalue weighted by atomic mass is 9.87. The zero-order valence-corrected chi connectivity index (χ0v) is 22.2. The van der Waals surface area contributed by atoms with Crippen LogP contribution in [0.15, 0.2) is 77.5 Å². The number of hydrogen-bond acceptors (Lipinski definition) is 7. The maximum atomic E-state index is 13.7. The first-order chi connectivity index (χ1) is 17.8. The number of benzene rings is 2. The first kappa shape index (κ1) is 25.5. The molecule has 3 heterocycles. The molecule has 0 aliphatic carbocycles. The van der Waals surface area contributed by atoms with Crippen LogP contribution in [0.3, 0.4) is 0 Å². The van der Waals surface area contributed by atoms with E-state index in [-0.39, 0.29) is 24.1 Å². The lowest BCUT2D eigenvalue weighted by Gasteiger charge is -2.55. The van der Waals surface area contributed by atoms with Crippen molar-refractivity contribution in [3.8, 4) is 0 Å². The second-order valence-corrected chi connectivity index (χ2v) is 11.2. The number of fused-ring (bicyclic) bond motifs is 1. The molecular formula is C27H23ClN2O5S2. The maximum Gasteiger partial charge on any atom is 0.324 e. The second kappa shape index (κ2) is 10.3. The number of thioether (sulfide) groups is 1. The van der Waals surface area contributed by atoms with E-state index in [9.17, 15) is 19.2 Å². The number of halogens is 1. The zero-order chi connectivity index (χ0) is 26.2. The van der Waals surface area contributed by atoms with E-state index in [0.717, 1.165) is 11.1 Å². The minimum absolute atomic E-state index is 0.0325. The fourth-order valence-electron chi connectivity index (χ4n) is 4.72. The van der Waals surface area contributed by atoms with Crippen LogP contribution in [0.4, 0.5) is 5.69 Å². The van der Waals surface area contributed by atoms with Crippen molar-refractivity contribution in [1.82, 2.24) is 4.90 Å². The van der Waals surface area contributed by atoms with Gasteiger partial charge in [-0.15, -0.1) is 11.8 Å². The van der Waals surface area contributed by atoms with Crippen LogP contribution in [0.5, 0.6) is 0 Å². The van der Waals surface area contributed by atoms with E-state index >= 15 is 0 Å². The molecule has 0 N–H and O–H groups in total. The molecule has 3 atom stereocenters. The second-order valence-electron chi connectivity index (χ2n) is 8.95. The lowest BCUT2D eigenvalue weighted by molar-refractivity contribution is -0.166. The summed E-state index contributed by atoms with van der Waals surface area (Å²) in [5, 5.41) is 2.37. The highest BCUT2D eigenvalue weighted by atomic mass is 35.5. The Hall–Kier alpha value is -3.14. The average molecular weight is 555 g/mol. The zero-order valence-electron chi connectivity index (χ0n) is 19.8. The van der Waals surface area contributed by atoms with E-state index in [2.05, 4.69) is 0 Å². The van der Waals surface area contributed by atoms with Gasteiger partial charge < -0.3 is 9.64 Å². The summed E-state index contributed by atoms with van der Waals surface area (Å²) in [5.74, 6) is -1.34. The van der Waals surface area contributed by atoms with Crippen LogP contribution in [-0.4, -0.2) is 51.6 Å². The number of ether oxygens (including phenoxy) is 1. The summed E-state index contributed by atoms with van der Waals surface area (Å²) in [5.41, 5.74) is 0.408. The van der Waals surface area contributed by atoms with Crippen LogP contribution in [-0.2, 0) is 23.9 Å². The fourth-order valence-corrected chi connectivity index (χ4v) is 7.20. The number of rotatable bonds is 7. The topological polar surface area (TPSA) is 84.0 Å². The average Bonchev–Trinajstić information content (AvgIpc) is 3.44. The molecule has 0 spiro atoms. The normalized spacial score (nSPS) is 22.7. The van der Waals surface area contributed by atoms with Gasteiger partial charge in [-0.2, -0.15) is 11.3 Å². The Labute approximate surface area is 227 Å². The van der Waals surface area contributed by atoms with Crippen LogP contribution in [0, 0.1) is 5.41 Å². The molecular weight excluding hydrogens is 532 g/mol. The van der Waals surface area contributed by atoms with E-state index in [1.165, 1.54) is 39.8 Å². The van der Waals surface area contributed by atoms with Gasteiger partial charge in [0.25, 0.3) is 0 Å². The molecule has 2 aliphatic rings. The molecule has 3 aromatic rings. The summed E-state index contributed by atoms with van der Waals surface area (Å²) >= 11 is 8.73. The molecule has 190 valence electrons. The number of anilines is 1. The van der Waals surface area contributed by atoms with Gasteiger partial charge in [0.05, 0.1) is 5.69 Å². The molecule has 2 amide bonds. The maximum absolute atomic E-state index is 13.7. The van der Waals surface area contributed by atoms with Crippen LogP contribution in [0.2, 0.25) is 0 Å². The van der Waals surface area contributed by atoms with Crippen molar-refractivity contribution in [3.05, 3.63) is 88.6 Å². The Morgan fingerprint density at radius 3 is 2.19 bits per heavy atom. The van der Waals surface area contributed by atoms with Crippen molar-refractivity contribution >= 4 is 63.4 Å². The summed E-state index contributed by atoms with van der Waals surface area (Å²) in [4.78, 5) is 55.0. The molecule has 0 saturated carbocycles. The van der Waals surface area contributed by atoms with Crippen molar-refractivity contribution in [2.45, 2.75) is 24.4 Å². The highest BCUT2D eigenvalue weighted by molar-refractivity contribution is 8.00. The Bertz CT molecular complexity index is 1280. The third kappa shape index (κ3) is 4.56. The minimum Gasteiger partial charge on any atom is -0.452 e. The molecule has 37 heavy (non-hydrogen) atoms. The summed E-state index contributed by atoms with van der Waals surface area (Å²) in [6.45, 7) is 1.21. The van der Waals surface area contributed by atoms with Gasteiger partial charge in [-0.05, 0) is 34.2 Å². The predicted octanol–water partition coefficient (Wildman–Crippen LogP) is 4.47. The Balaban J connectivity index is 1.40. The number of carbonyl (C=O) groups excluding carboxylic acids is 4. The van der Waals surface area contributed by atoms with Crippen molar-refractivity contribution in [2.24, 2.45) is 5.41 Å². The number of esters is 1. The Morgan fingerprint density at radius 2 is 1.68 bits per heavy atom. The molecule has 10 heteroatoms. The van der Waals surface area contributed by atoms with Crippen LogP contribution < -0.4 is 4.90 Å². The Kier molecular flexibility index (Phi) is 7.11. The van der Waals surface area contributed by atoms with E-state index in [4.69, 9.17) is 16.3 Å². The van der Waals surface area contributed by atoms with Crippen molar-refractivity contribution in [3.63, 3.8) is 0 Å². The molecule has 2 saturated heterocycles. The third-order valence-corrected chi connectivity index (χ3v) is 9.20. The predicted molar refractivity (Wildman–Crippen MR) is 143 cm³/mol. The lowest BCUT2D eigenvalue weighted by Crippen LogP contribution is -2.75. The van der Waals surface area contributed by atoms with Gasteiger partial charge in [-0.25, -0.2) is 0 Å². The first-order valence-electron chi connectivity index (χ1n) is 11.6. The molecule has 0 bridgehead atoms. The summed E-state index contributed by atoms with van der Waals surface area (Å²) in [7, 11) is 0. The molecule has 1 aromatic heterocycles. The van der Waals surface area contributed by atoms with Gasteiger partial charge in [-0.1, -0.05) is 60.7 Å². The molecule has 5 rings (SSSR count). The van der Waals surface area contributed by atoms with Gasteiger partial charge in [0.15, 0.2) is 11.5 Å². The van der Waals surface area contributed by atoms with Crippen LogP contribution in [0.1, 0.15) is 24.2 Å². The number of thiophene rings is 1. The number of nitrogens with zero attached hydrogens (tertiary/aromatic N) is 2. The third-order valence-electron chi connectivity index (χ3n) is 6.65. The van der Waals surface area contributed by atoms with Crippen molar-refractivity contribution in [2.75, 3.05) is 17.2 Å². The van der Waals surface area contributed by atoms with E-state index in [1.54, 1.807) is 6.07 Å². The van der Waals surface area contributed by atoms with Crippen molar-refractivity contribution in [1.29, 1.82) is 0 Å². The van der Waals surface area contributed by atoms with E-state index < -0.39 is 34.1 Å². The molecule has 0 radical (unpaired) electrons. The smallest absolute Gasteiger partial charge is 0.324 e.